The molecule has 0 aliphatic rings. The molecule has 1 unspecified atom stereocenters. The fourth-order valence-electron chi connectivity index (χ4n) is 1.74. The number of hydrogen-bond donors (Lipinski definition) is 2. The molecule has 1 aromatic rings. The number of carbonyl (C=O) groups is 1. The molecule has 0 aliphatic heterocycles. The number of carboxylic acid groups (broad SMARTS) is 1. The van der Waals surface area contributed by atoms with Gasteiger partial charge in [0.2, 0.25) is 10.0 Å². The van der Waals surface area contributed by atoms with Crippen LogP contribution in [0.4, 0.5) is 0 Å². The normalized spacial score (nSPS) is 12.6. The van der Waals surface area contributed by atoms with Gasteiger partial charge in [-0.05, 0) is 30.0 Å². The summed E-state index contributed by atoms with van der Waals surface area (Å²) in [6.07, 6.45) is 0.439. The third kappa shape index (κ3) is 6.88. The van der Waals surface area contributed by atoms with Crippen LogP contribution in [-0.4, -0.2) is 26.0 Å². The van der Waals surface area contributed by atoms with Gasteiger partial charge >= 0.3 is 5.97 Å². The van der Waals surface area contributed by atoms with Gasteiger partial charge in [-0.15, -0.1) is 0 Å². The average molecular weight is 310 g/mol. The Morgan fingerprint density at radius 1 is 1.48 bits per heavy atom. The molecule has 0 heterocycles. The van der Waals surface area contributed by atoms with E-state index < -0.39 is 16.0 Å². The largest absolute Gasteiger partial charge is 0.481 e. The lowest BCUT2D eigenvalue weighted by Gasteiger charge is -2.12. The molecule has 1 atom stereocenters. The molecule has 0 fully saturated rings. The van der Waals surface area contributed by atoms with Gasteiger partial charge in [-0.2, -0.15) is 5.26 Å². The Morgan fingerprint density at radius 2 is 2.19 bits per heavy atom. The summed E-state index contributed by atoms with van der Waals surface area (Å²) < 4.78 is 26.3. The minimum Gasteiger partial charge on any atom is -0.481 e. The first-order chi connectivity index (χ1) is 9.82. The van der Waals surface area contributed by atoms with Gasteiger partial charge in [0.25, 0.3) is 0 Å². The maximum atomic E-state index is 11.9. The van der Waals surface area contributed by atoms with Crippen LogP contribution in [0, 0.1) is 17.2 Å². The molecule has 0 saturated heterocycles. The van der Waals surface area contributed by atoms with Crippen LogP contribution in [-0.2, 0) is 20.6 Å². The number of nitriles is 1. The second-order valence-corrected chi connectivity index (χ2v) is 6.76. The molecule has 114 valence electrons. The molecule has 2 N–H and O–H groups in total. The third-order valence-corrected chi connectivity index (χ3v) is 4.24. The number of rotatable bonds is 8. The van der Waals surface area contributed by atoms with E-state index >= 15 is 0 Å². The molecule has 0 spiro atoms. The van der Waals surface area contributed by atoms with E-state index in [0.717, 1.165) is 0 Å². The van der Waals surface area contributed by atoms with Gasteiger partial charge in [0.15, 0.2) is 0 Å². The molecule has 0 amide bonds. The zero-order valence-electron chi connectivity index (χ0n) is 11.7. The van der Waals surface area contributed by atoms with Crippen LogP contribution >= 0.6 is 0 Å². The number of nitrogens with one attached hydrogen (secondary N) is 1. The average Bonchev–Trinajstić information content (AvgIpc) is 2.42. The van der Waals surface area contributed by atoms with E-state index in [0.29, 0.717) is 17.5 Å². The second-order valence-electron chi connectivity index (χ2n) is 4.96. The van der Waals surface area contributed by atoms with Crippen LogP contribution in [0.3, 0.4) is 0 Å². The lowest BCUT2D eigenvalue weighted by Crippen LogP contribution is -2.29. The molecule has 0 radical (unpaired) electrons. The summed E-state index contributed by atoms with van der Waals surface area (Å²) >= 11 is 0. The zero-order chi connectivity index (χ0) is 15.9. The van der Waals surface area contributed by atoms with E-state index in [9.17, 15) is 13.2 Å². The molecule has 0 aliphatic carbocycles. The summed E-state index contributed by atoms with van der Waals surface area (Å²) in [6, 6.07) is 8.39. The molecular weight excluding hydrogens is 292 g/mol. The van der Waals surface area contributed by atoms with E-state index in [1.807, 2.05) is 6.07 Å². The molecule has 0 saturated carbocycles. The van der Waals surface area contributed by atoms with Crippen LogP contribution in [0.15, 0.2) is 24.3 Å². The number of benzene rings is 1. The molecule has 21 heavy (non-hydrogen) atoms. The minimum atomic E-state index is -3.50. The third-order valence-electron chi connectivity index (χ3n) is 2.92. The van der Waals surface area contributed by atoms with Crippen LogP contribution in [0.5, 0.6) is 0 Å². The van der Waals surface area contributed by atoms with Crippen molar-refractivity contribution in [2.75, 3.05) is 6.54 Å². The molecule has 0 aromatic heterocycles. The lowest BCUT2D eigenvalue weighted by atomic mass is 10.1. The van der Waals surface area contributed by atoms with Crippen molar-refractivity contribution in [3.8, 4) is 6.07 Å². The fraction of sp³-hybridized carbons (Fsp3) is 0.429. The van der Waals surface area contributed by atoms with E-state index in [1.165, 1.54) is 6.07 Å². The summed E-state index contributed by atoms with van der Waals surface area (Å²) in [5.41, 5.74) is 0.956. The first-order valence-electron chi connectivity index (χ1n) is 6.50. The van der Waals surface area contributed by atoms with Gasteiger partial charge in [-0.25, -0.2) is 13.1 Å². The van der Waals surface area contributed by atoms with Crippen molar-refractivity contribution in [3.05, 3.63) is 35.4 Å². The van der Waals surface area contributed by atoms with Crippen molar-refractivity contribution in [2.45, 2.75) is 25.5 Å². The summed E-state index contributed by atoms with van der Waals surface area (Å²) in [5.74, 6) is -1.15. The Bertz CT molecular complexity index is 635. The fourth-order valence-corrected chi connectivity index (χ4v) is 3.00. The van der Waals surface area contributed by atoms with Crippen molar-refractivity contribution in [3.63, 3.8) is 0 Å². The molecule has 6 nitrogen and oxygen atoms in total. The van der Waals surface area contributed by atoms with E-state index in [2.05, 4.69) is 4.72 Å². The minimum absolute atomic E-state index is 0.0209. The summed E-state index contributed by atoms with van der Waals surface area (Å²) in [4.78, 5) is 10.4. The van der Waals surface area contributed by atoms with Crippen LogP contribution in [0.1, 0.15) is 30.9 Å². The first kappa shape index (κ1) is 17.1. The smallest absolute Gasteiger partial charge is 0.303 e. The highest BCUT2D eigenvalue weighted by Crippen LogP contribution is 2.09. The summed E-state index contributed by atoms with van der Waals surface area (Å²) in [6.45, 7) is 2.00. The SMILES string of the molecule is CC(CCC(=O)O)CNS(=O)(=O)Cc1cccc(C#N)c1. The molecule has 0 bridgehead atoms. The topological polar surface area (TPSA) is 107 Å². The Kier molecular flexibility index (Phi) is 6.34. The van der Waals surface area contributed by atoms with E-state index in [4.69, 9.17) is 10.4 Å². The Balaban J connectivity index is 2.54. The highest BCUT2D eigenvalue weighted by Gasteiger charge is 2.14. The van der Waals surface area contributed by atoms with Gasteiger partial charge in [0, 0.05) is 13.0 Å². The van der Waals surface area contributed by atoms with Crippen LogP contribution < -0.4 is 4.72 Å². The van der Waals surface area contributed by atoms with E-state index in [-0.39, 0.29) is 24.6 Å². The Morgan fingerprint density at radius 3 is 2.81 bits per heavy atom. The number of carboxylic acids is 1. The number of aliphatic carboxylic acids is 1. The maximum Gasteiger partial charge on any atom is 0.303 e. The van der Waals surface area contributed by atoms with Gasteiger partial charge in [0.05, 0.1) is 17.4 Å². The first-order valence-corrected chi connectivity index (χ1v) is 8.16. The summed E-state index contributed by atoms with van der Waals surface area (Å²) in [7, 11) is -3.50. The van der Waals surface area contributed by atoms with Crippen molar-refractivity contribution in [1.29, 1.82) is 5.26 Å². The van der Waals surface area contributed by atoms with Crippen LogP contribution in [0.2, 0.25) is 0 Å². The van der Waals surface area contributed by atoms with E-state index in [1.54, 1.807) is 25.1 Å². The standard InChI is InChI=1S/C14H18N2O4S/c1-11(5-6-14(17)18)9-16-21(19,20)10-13-4-2-3-12(7-13)8-15/h2-4,7,11,16H,5-6,9-10H2,1H3,(H,17,18). The molecule has 1 rings (SSSR count). The lowest BCUT2D eigenvalue weighted by molar-refractivity contribution is -0.137. The number of sulfonamides is 1. The van der Waals surface area contributed by atoms with Gasteiger partial charge in [-0.3, -0.25) is 4.79 Å². The molecule has 1 aromatic carbocycles. The van der Waals surface area contributed by atoms with Crippen molar-refractivity contribution < 1.29 is 18.3 Å². The monoisotopic (exact) mass is 310 g/mol. The quantitative estimate of drug-likeness (QED) is 0.756. The predicted octanol–water partition coefficient (Wildman–Crippen LogP) is 1.48. The van der Waals surface area contributed by atoms with Crippen molar-refractivity contribution >= 4 is 16.0 Å². The predicted molar refractivity (Wildman–Crippen MR) is 77.8 cm³/mol. The molecular formula is C14H18N2O4S. The highest BCUT2D eigenvalue weighted by atomic mass is 32.2. The number of nitrogens with zero attached hydrogens (tertiary/aromatic N) is 1. The second kappa shape index (κ2) is 7.76. The van der Waals surface area contributed by atoms with Gasteiger partial charge in [0.1, 0.15) is 0 Å². The van der Waals surface area contributed by atoms with Crippen molar-refractivity contribution in [1.82, 2.24) is 4.72 Å². The Labute approximate surface area is 124 Å². The van der Waals surface area contributed by atoms with Gasteiger partial charge < -0.3 is 5.11 Å². The van der Waals surface area contributed by atoms with Crippen molar-refractivity contribution in [2.24, 2.45) is 5.92 Å². The Hall–Kier alpha value is -1.91. The summed E-state index contributed by atoms with van der Waals surface area (Å²) in [5, 5.41) is 17.3. The highest BCUT2D eigenvalue weighted by molar-refractivity contribution is 7.88. The van der Waals surface area contributed by atoms with Crippen LogP contribution in [0.25, 0.3) is 0 Å². The number of hydrogen-bond acceptors (Lipinski definition) is 4. The zero-order valence-corrected chi connectivity index (χ0v) is 12.6. The molecule has 7 heteroatoms. The maximum absolute atomic E-state index is 11.9. The van der Waals surface area contributed by atoms with Gasteiger partial charge in [-0.1, -0.05) is 19.1 Å².